The molecule has 0 spiro atoms. The highest BCUT2D eigenvalue weighted by Crippen LogP contribution is 2.25. The van der Waals surface area contributed by atoms with Crippen LogP contribution in [0.2, 0.25) is 0 Å². The second kappa shape index (κ2) is 4.72. The molecule has 3 saturated heterocycles. The molecule has 3 rings (SSSR count). The lowest BCUT2D eigenvalue weighted by molar-refractivity contribution is -0.0250. The third-order valence-corrected chi connectivity index (χ3v) is 6.02. The Morgan fingerprint density at radius 2 is 1.72 bits per heavy atom. The molecular weight excluding hydrogens is 254 g/mol. The molecule has 0 aromatic rings. The van der Waals surface area contributed by atoms with Crippen molar-refractivity contribution in [1.82, 2.24) is 15.1 Å². The number of sulfone groups is 1. The minimum Gasteiger partial charge on any atom is -0.390 e. The summed E-state index contributed by atoms with van der Waals surface area (Å²) < 4.78 is 22.9. The Bertz CT molecular complexity index is 402. The maximum Gasteiger partial charge on any atom is 0.154 e. The van der Waals surface area contributed by atoms with Gasteiger partial charge in [-0.3, -0.25) is 9.80 Å². The van der Waals surface area contributed by atoms with Crippen LogP contribution in [0.3, 0.4) is 0 Å². The molecule has 2 N–H and O–H groups in total. The molecule has 0 aliphatic carbocycles. The Morgan fingerprint density at radius 3 is 2.28 bits per heavy atom. The van der Waals surface area contributed by atoms with Crippen molar-refractivity contribution < 1.29 is 13.5 Å². The van der Waals surface area contributed by atoms with Gasteiger partial charge in [-0.25, -0.2) is 8.42 Å². The van der Waals surface area contributed by atoms with Crippen molar-refractivity contribution in [3.8, 4) is 0 Å². The van der Waals surface area contributed by atoms with Crippen LogP contribution < -0.4 is 5.32 Å². The standard InChI is InChI=1S/C11H21N3O3S/c15-11-8-18(16,17)7-10(11)14-5-9(6-14)13-3-1-12-2-4-13/h9-12,15H,1-8H2. The van der Waals surface area contributed by atoms with Gasteiger partial charge in [-0.1, -0.05) is 0 Å². The predicted molar refractivity (Wildman–Crippen MR) is 68.3 cm³/mol. The molecular formula is C11H21N3O3S. The summed E-state index contributed by atoms with van der Waals surface area (Å²) in [5, 5.41) is 13.1. The van der Waals surface area contributed by atoms with E-state index in [1.54, 1.807) is 0 Å². The average molecular weight is 275 g/mol. The zero-order valence-corrected chi connectivity index (χ0v) is 11.3. The Balaban J connectivity index is 1.53. The first-order chi connectivity index (χ1) is 8.55. The quantitative estimate of drug-likeness (QED) is 0.592. The van der Waals surface area contributed by atoms with Crippen LogP contribution in [0.1, 0.15) is 0 Å². The largest absolute Gasteiger partial charge is 0.390 e. The summed E-state index contributed by atoms with van der Waals surface area (Å²) in [6.07, 6.45) is -0.695. The molecule has 0 aromatic heterocycles. The average Bonchev–Trinajstić information content (AvgIpc) is 2.52. The predicted octanol–water partition coefficient (Wildman–Crippen LogP) is -2.27. The number of nitrogens with one attached hydrogen (secondary N) is 1. The summed E-state index contributed by atoms with van der Waals surface area (Å²) in [5.41, 5.74) is 0. The van der Waals surface area contributed by atoms with Crippen LogP contribution >= 0.6 is 0 Å². The number of hydrogen-bond acceptors (Lipinski definition) is 6. The molecule has 0 bridgehead atoms. The molecule has 0 radical (unpaired) electrons. The first-order valence-corrected chi connectivity index (χ1v) is 8.44. The minimum atomic E-state index is -3.02. The van der Waals surface area contributed by atoms with Crippen LogP contribution in [0, 0.1) is 0 Å². The van der Waals surface area contributed by atoms with Crippen LogP contribution in [0.5, 0.6) is 0 Å². The third kappa shape index (κ3) is 2.42. The molecule has 3 fully saturated rings. The van der Waals surface area contributed by atoms with Crippen molar-refractivity contribution in [2.75, 3.05) is 50.8 Å². The fraction of sp³-hybridized carbons (Fsp3) is 1.00. The van der Waals surface area contributed by atoms with Crippen molar-refractivity contribution in [2.45, 2.75) is 18.2 Å². The molecule has 104 valence electrons. The fourth-order valence-electron chi connectivity index (χ4n) is 3.20. The summed E-state index contributed by atoms with van der Waals surface area (Å²) in [5.74, 6) is 0.0644. The number of piperazine rings is 1. The molecule has 0 aromatic carbocycles. The second-order valence-electron chi connectivity index (χ2n) is 5.61. The van der Waals surface area contributed by atoms with E-state index < -0.39 is 15.9 Å². The Kier molecular flexibility index (Phi) is 3.36. The van der Waals surface area contributed by atoms with Gasteiger partial charge in [-0.2, -0.15) is 0 Å². The van der Waals surface area contributed by atoms with Crippen molar-refractivity contribution in [2.24, 2.45) is 0 Å². The highest BCUT2D eigenvalue weighted by molar-refractivity contribution is 7.91. The fourth-order valence-corrected chi connectivity index (χ4v) is 5.03. The van der Waals surface area contributed by atoms with E-state index in [9.17, 15) is 13.5 Å². The van der Waals surface area contributed by atoms with E-state index in [0.717, 1.165) is 39.3 Å². The SMILES string of the molecule is O=S1(=O)CC(O)C(N2CC(N3CCNCC3)C2)C1. The smallest absolute Gasteiger partial charge is 0.154 e. The molecule has 6 nitrogen and oxygen atoms in total. The van der Waals surface area contributed by atoms with E-state index in [-0.39, 0.29) is 17.5 Å². The highest BCUT2D eigenvalue weighted by atomic mass is 32.2. The van der Waals surface area contributed by atoms with Crippen LogP contribution in [0.15, 0.2) is 0 Å². The molecule has 18 heavy (non-hydrogen) atoms. The lowest BCUT2D eigenvalue weighted by Crippen LogP contribution is -2.66. The molecule has 3 heterocycles. The monoisotopic (exact) mass is 275 g/mol. The number of aliphatic hydroxyl groups is 1. The van der Waals surface area contributed by atoms with E-state index in [2.05, 4.69) is 15.1 Å². The summed E-state index contributed by atoms with van der Waals surface area (Å²) >= 11 is 0. The third-order valence-electron chi connectivity index (χ3n) is 4.32. The van der Waals surface area contributed by atoms with Crippen molar-refractivity contribution in [3.05, 3.63) is 0 Å². The topological polar surface area (TPSA) is 72.9 Å². The maximum absolute atomic E-state index is 11.5. The molecule has 3 aliphatic rings. The zero-order valence-electron chi connectivity index (χ0n) is 10.5. The minimum absolute atomic E-state index is 0.0630. The van der Waals surface area contributed by atoms with Gasteiger partial charge < -0.3 is 10.4 Å². The van der Waals surface area contributed by atoms with Gasteiger partial charge in [-0.15, -0.1) is 0 Å². The highest BCUT2D eigenvalue weighted by Gasteiger charge is 2.45. The van der Waals surface area contributed by atoms with Gasteiger partial charge >= 0.3 is 0 Å². The normalized spacial score (nSPS) is 38.7. The molecule has 0 amide bonds. The van der Waals surface area contributed by atoms with Crippen molar-refractivity contribution in [1.29, 1.82) is 0 Å². The van der Waals surface area contributed by atoms with Crippen molar-refractivity contribution >= 4 is 9.84 Å². The van der Waals surface area contributed by atoms with E-state index in [0.29, 0.717) is 6.04 Å². The summed E-state index contributed by atoms with van der Waals surface area (Å²) in [4.78, 5) is 4.59. The lowest BCUT2D eigenvalue weighted by Gasteiger charge is -2.49. The molecule has 7 heteroatoms. The van der Waals surface area contributed by atoms with Gasteiger partial charge in [0.2, 0.25) is 0 Å². The van der Waals surface area contributed by atoms with E-state index in [1.807, 2.05) is 0 Å². The molecule has 0 saturated carbocycles. The first kappa shape index (κ1) is 12.8. The van der Waals surface area contributed by atoms with Crippen LogP contribution in [-0.2, 0) is 9.84 Å². The van der Waals surface area contributed by atoms with Crippen LogP contribution in [0.25, 0.3) is 0 Å². The van der Waals surface area contributed by atoms with Gasteiger partial charge in [0.15, 0.2) is 9.84 Å². The summed E-state index contributed by atoms with van der Waals surface area (Å²) in [7, 11) is -3.02. The van der Waals surface area contributed by atoms with Crippen molar-refractivity contribution in [3.63, 3.8) is 0 Å². The maximum atomic E-state index is 11.5. The summed E-state index contributed by atoms with van der Waals surface area (Å²) in [6, 6.07) is 0.372. The second-order valence-corrected chi connectivity index (χ2v) is 7.76. The Labute approximate surface area is 108 Å². The van der Waals surface area contributed by atoms with E-state index in [1.165, 1.54) is 0 Å². The van der Waals surface area contributed by atoms with Gasteiger partial charge in [0.1, 0.15) is 0 Å². The molecule has 2 atom stereocenters. The number of rotatable bonds is 2. The number of nitrogens with zero attached hydrogens (tertiary/aromatic N) is 2. The van der Waals surface area contributed by atoms with Gasteiger partial charge in [0, 0.05) is 45.3 Å². The Hall–Kier alpha value is -0.210. The number of likely N-dealkylation sites (tertiary alicyclic amines) is 1. The Morgan fingerprint density at radius 1 is 1.06 bits per heavy atom. The molecule has 3 aliphatic heterocycles. The first-order valence-electron chi connectivity index (χ1n) is 6.62. The van der Waals surface area contributed by atoms with Gasteiger partial charge in [-0.05, 0) is 0 Å². The van der Waals surface area contributed by atoms with Gasteiger partial charge in [0.05, 0.1) is 23.7 Å². The number of aliphatic hydroxyl groups excluding tert-OH is 1. The van der Waals surface area contributed by atoms with Gasteiger partial charge in [0.25, 0.3) is 0 Å². The van der Waals surface area contributed by atoms with E-state index >= 15 is 0 Å². The van der Waals surface area contributed by atoms with E-state index in [4.69, 9.17) is 0 Å². The number of hydrogen-bond donors (Lipinski definition) is 2. The summed E-state index contributed by atoms with van der Waals surface area (Å²) in [6.45, 7) is 6.02. The van der Waals surface area contributed by atoms with Crippen LogP contribution in [-0.4, -0.2) is 92.3 Å². The zero-order chi connectivity index (χ0) is 12.8. The van der Waals surface area contributed by atoms with Crippen LogP contribution in [0.4, 0.5) is 0 Å². The lowest BCUT2D eigenvalue weighted by atomic mass is 10.0. The molecule has 2 unspecified atom stereocenters.